The number of hydrogen-bond acceptors (Lipinski definition) is 1. The molecule has 3 aromatic rings. The Kier molecular flexibility index (Phi) is 3.88. The maximum atomic E-state index is 13.8. The largest absolute Gasteiger partial charge is 0.348 e. The van der Waals surface area contributed by atoms with Crippen molar-refractivity contribution in [3.63, 3.8) is 0 Å². The summed E-state index contributed by atoms with van der Waals surface area (Å²) >= 11 is 0. The first kappa shape index (κ1) is 15.6. The lowest BCUT2D eigenvalue weighted by Crippen LogP contribution is -2.42. The van der Waals surface area contributed by atoms with E-state index in [9.17, 15) is 9.18 Å². The van der Waals surface area contributed by atoms with Gasteiger partial charge in [0.25, 0.3) is 5.91 Å². The smallest absolute Gasteiger partial charge is 0.254 e. The molecule has 2 heterocycles. The van der Waals surface area contributed by atoms with Gasteiger partial charge in [0.1, 0.15) is 5.82 Å². The number of aryl methyl sites for hydroxylation is 1. The second-order valence-electron chi connectivity index (χ2n) is 6.45. The fourth-order valence-electron chi connectivity index (χ4n) is 3.49. The first-order chi connectivity index (χ1) is 12.1. The number of carbonyl (C=O) groups excluding carboxylic acids is 1. The minimum absolute atomic E-state index is 0.0262. The van der Waals surface area contributed by atoms with Gasteiger partial charge < -0.3 is 9.47 Å². The Balaban J connectivity index is 1.78. The van der Waals surface area contributed by atoms with Gasteiger partial charge in [-0.05, 0) is 48.9 Å². The number of halogens is 1. The Morgan fingerprint density at radius 2 is 1.84 bits per heavy atom. The molecule has 25 heavy (non-hydrogen) atoms. The van der Waals surface area contributed by atoms with Gasteiger partial charge in [-0.2, -0.15) is 0 Å². The Bertz CT molecular complexity index is 914. The van der Waals surface area contributed by atoms with Crippen LogP contribution in [0.15, 0.2) is 66.9 Å². The molecular weight excluding hydrogens is 315 g/mol. The Hall–Kier alpha value is -2.88. The normalized spacial score (nSPS) is 16.6. The van der Waals surface area contributed by atoms with E-state index in [1.165, 1.54) is 12.1 Å². The highest BCUT2D eigenvalue weighted by molar-refractivity contribution is 5.94. The highest BCUT2D eigenvalue weighted by atomic mass is 19.1. The van der Waals surface area contributed by atoms with Crippen LogP contribution in [0.2, 0.25) is 0 Å². The SMILES string of the molecule is Cc1ccc(C(=O)N2CCn3cccc3[C@@H]2c2cccc(F)c2)cc1. The predicted molar refractivity (Wildman–Crippen MR) is 94.9 cm³/mol. The highest BCUT2D eigenvalue weighted by Gasteiger charge is 2.32. The monoisotopic (exact) mass is 334 g/mol. The van der Waals surface area contributed by atoms with Crippen LogP contribution in [0.4, 0.5) is 4.39 Å². The summed E-state index contributed by atoms with van der Waals surface area (Å²) in [6, 6.07) is 17.8. The first-order valence-electron chi connectivity index (χ1n) is 8.41. The van der Waals surface area contributed by atoms with E-state index in [0.29, 0.717) is 12.1 Å². The third-order valence-corrected chi connectivity index (χ3v) is 4.76. The van der Waals surface area contributed by atoms with E-state index < -0.39 is 0 Å². The molecule has 4 heteroatoms. The lowest BCUT2D eigenvalue weighted by Gasteiger charge is -2.37. The van der Waals surface area contributed by atoms with E-state index >= 15 is 0 Å². The predicted octanol–water partition coefficient (Wildman–Crippen LogP) is 4.18. The molecule has 1 atom stereocenters. The minimum Gasteiger partial charge on any atom is -0.348 e. The van der Waals surface area contributed by atoms with Gasteiger partial charge in [0.05, 0.1) is 6.04 Å². The number of hydrogen-bond donors (Lipinski definition) is 0. The van der Waals surface area contributed by atoms with E-state index in [0.717, 1.165) is 23.4 Å². The van der Waals surface area contributed by atoms with Crippen molar-refractivity contribution < 1.29 is 9.18 Å². The first-order valence-corrected chi connectivity index (χ1v) is 8.41. The average Bonchev–Trinajstić information content (AvgIpc) is 3.09. The molecule has 0 saturated heterocycles. The number of rotatable bonds is 2. The fourth-order valence-corrected chi connectivity index (χ4v) is 3.49. The Morgan fingerprint density at radius 3 is 2.60 bits per heavy atom. The highest BCUT2D eigenvalue weighted by Crippen LogP contribution is 2.33. The summed E-state index contributed by atoms with van der Waals surface area (Å²) in [4.78, 5) is 15.0. The van der Waals surface area contributed by atoms with Crippen molar-refractivity contribution in [3.8, 4) is 0 Å². The van der Waals surface area contributed by atoms with Crippen LogP contribution in [0.25, 0.3) is 0 Å². The summed E-state index contributed by atoms with van der Waals surface area (Å²) in [7, 11) is 0. The van der Waals surface area contributed by atoms with Gasteiger partial charge in [0.2, 0.25) is 0 Å². The molecule has 0 saturated carbocycles. The van der Waals surface area contributed by atoms with Gasteiger partial charge in [-0.15, -0.1) is 0 Å². The van der Waals surface area contributed by atoms with Crippen LogP contribution in [0.1, 0.15) is 33.2 Å². The molecule has 3 nitrogen and oxygen atoms in total. The minimum atomic E-state index is -0.288. The molecule has 126 valence electrons. The number of amides is 1. The molecule has 0 radical (unpaired) electrons. The van der Waals surface area contributed by atoms with E-state index in [1.807, 2.05) is 60.5 Å². The maximum Gasteiger partial charge on any atom is 0.254 e. The van der Waals surface area contributed by atoms with Gasteiger partial charge in [-0.3, -0.25) is 4.79 Å². The third-order valence-electron chi connectivity index (χ3n) is 4.76. The quantitative estimate of drug-likeness (QED) is 0.690. The van der Waals surface area contributed by atoms with Gasteiger partial charge in [0.15, 0.2) is 0 Å². The summed E-state index contributed by atoms with van der Waals surface area (Å²) < 4.78 is 15.9. The summed E-state index contributed by atoms with van der Waals surface area (Å²) in [5.74, 6) is -0.314. The summed E-state index contributed by atoms with van der Waals surface area (Å²) in [5, 5.41) is 0. The number of aromatic nitrogens is 1. The molecule has 0 bridgehead atoms. The van der Waals surface area contributed by atoms with Crippen LogP contribution in [-0.2, 0) is 6.54 Å². The molecule has 1 aliphatic heterocycles. The molecule has 0 fully saturated rings. The summed E-state index contributed by atoms with van der Waals surface area (Å²) in [5.41, 5.74) is 3.58. The number of fused-ring (bicyclic) bond motifs is 1. The zero-order chi connectivity index (χ0) is 17.4. The van der Waals surface area contributed by atoms with Gasteiger partial charge in [0, 0.05) is 30.5 Å². The van der Waals surface area contributed by atoms with Gasteiger partial charge >= 0.3 is 0 Å². The van der Waals surface area contributed by atoms with Crippen LogP contribution in [0, 0.1) is 12.7 Å². The molecular formula is C21H19FN2O. The second kappa shape index (κ2) is 6.20. The zero-order valence-corrected chi connectivity index (χ0v) is 14.0. The van der Waals surface area contributed by atoms with Crippen molar-refractivity contribution in [2.24, 2.45) is 0 Å². The van der Waals surface area contributed by atoms with Gasteiger partial charge in [-0.1, -0.05) is 29.8 Å². The summed E-state index contributed by atoms with van der Waals surface area (Å²) in [6.07, 6.45) is 2.01. The average molecular weight is 334 g/mol. The van der Waals surface area contributed by atoms with E-state index in [1.54, 1.807) is 6.07 Å². The van der Waals surface area contributed by atoms with Crippen molar-refractivity contribution in [1.29, 1.82) is 0 Å². The molecule has 0 unspecified atom stereocenters. The number of benzene rings is 2. The van der Waals surface area contributed by atoms with Crippen LogP contribution < -0.4 is 0 Å². The summed E-state index contributed by atoms with van der Waals surface area (Å²) in [6.45, 7) is 3.33. The van der Waals surface area contributed by atoms with Crippen LogP contribution in [0.5, 0.6) is 0 Å². The molecule has 1 amide bonds. The molecule has 0 spiro atoms. The van der Waals surface area contributed by atoms with Crippen LogP contribution in [0.3, 0.4) is 0 Å². The topological polar surface area (TPSA) is 25.2 Å². The van der Waals surface area contributed by atoms with Crippen LogP contribution in [-0.4, -0.2) is 21.9 Å². The molecule has 1 aromatic heterocycles. The zero-order valence-electron chi connectivity index (χ0n) is 14.0. The van der Waals surface area contributed by atoms with Crippen molar-refractivity contribution in [2.45, 2.75) is 19.5 Å². The maximum absolute atomic E-state index is 13.8. The number of carbonyl (C=O) groups is 1. The fraction of sp³-hybridized carbons (Fsp3) is 0.190. The molecule has 4 rings (SSSR count). The Morgan fingerprint density at radius 1 is 1.04 bits per heavy atom. The van der Waals surface area contributed by atoms with E-state index in [4.69, 9.17) is 0 Å². The molecule has 0 aliphatic carbocycles. The molecule has 2 aromatic carbocycles. The Labute approximate surface area is 146 Å². The van der Waals surface area contributed by atoms with Crippen molar-refractivity contribution in [3.05, 3.63) is 95.1 Å². The third kappa shape index (κ3) is 2.84. The van der Waals surface area contributed by atoms with Crippen LogP contribution >= 0.6 is 0 Å². The lowest BCUT2D eigenvalue weighted by molar-refractivity contribution is 0.0663. The van der Waals surface area contributed by atoms with Crippen molar-refractivity contribution >= 4 is 5.91 Å². The van der Waals surface area contributed by atoms with Crippen molar-refractivity contribution in [1.82, 2.24) is 9.47 Å². The number of nitrogens with zero attached hydrogens (tertiary/aromatic N) is 2. The second-order valence-corrected chi connectivity index (χ2v) is 6.45. The lowest BCUT2D eigenvalue weighted by atomic mass is 9.98. The standard InChI is InChI=1S/C21H19FN2O/c1-15-7-9-16(10-8-15)21(25)24-13-12-23-11-3-6-19(23)20(24)17-4-2-5-18(22)14-17/h2-11,14,20H,12-13H2,1H3/t20-/m0/s1. The van der Waals surface area contributed by atoms with E-state index in [2.05, 4.69) is 4.57 Å². The molecule has 0 N–H and O–H groups in total. The molecule has 1 aliphatic rings. The van der Waals surface area contributed by atoms with Crippen molar-refractivity contribution in [2.75, 3.05) is 6.54 Å². The van der Waals surface area contributed by atoms with Gasteiger partial charge in [-0.25, -0.2) is 4.39 Å². The van der Waals surface area contributed by atoms with E-state index in [-0.39, 0.29) is 17.8 Å².